The number of nitrogens with zero attached hydrogens (tertiary/aromatic N) is 5. The molecule has 1 aromatic heterocycles. The Kier molecular flexibility index (Phi) is 8.30. The van der Waals surface area contributed by atoms with Gasteiger partial charge in [0.2, 0.25) is 0 Å². The van der Waals surface area contributed by atoms with Gasteiger partial charge < -0.3 is 19.3 Å². The first-order valence-electron chi connectivity index (χ1n) is 8.59. The summed E-state index contributed by atoms with van der Waals surface area (Å²) >= 11 is 0. The van der Waals surface area contributed by atoms with E-state index < -0.39 is 6.23 Å². The van der Waals surface area contributed by atoms with Gasteiger partial charge >= 0.3 is 0 Å². The molecule has 8 nitrogen and oxygen atoms in total. The summed E-state index contributed by atoms with van der Waals surface area (Å²) in [6, 6.07) is 0. The number of hydrogen-bond acceptors (Lipinski definition) is 6. The third-order valence-corrected chi connectivity index (χ3v) is 3.86. The lowest BCUT2D eigenvalue weighted by molar-refractivity contribution is 0.139. The van der Waals surface area contributed by atoms with Gasteiger partial charge in [-0.25, -0.2) is 9.98 Å². The van der Waals surface area contributed by atoms with Crippen LogP contribution >= 0.6 is 0 Å². The van der Waals surface area contributed by atoms with Crippen molar-refractivity contribution in [1.29, 1.82) is 0 Å². The summed E-state index contributed by atoms with van der Waals surface area (Å²) in [4.78, 5) is 14.7. The molecular formula is C17H28N6O2. The first-order valence-corrected chi connectivity index (χ1v) is 8.59. The fraction of sp³-hybridized carbons (Fsp3) is 0.588. The maximum atomic E-state index is 10.1. The number of nitrogens with one attached hydrogen (secondary N) is 1. The molecule has 0 amide bonds. The topological polar surface area (TPSA) is 87.3 Å². The van der Waals surface area contributed by atoms with E-state index >= 15 is 0 Å². The Balaban J connectivity index is 1.70. The maximum Gasteiger partial charge on any atom is 0.154 e. The number of aryl methyl sites for hydroxylation is 1. The Labute approximate surface area is 148 Å². The number of methoxy groups -OCH3 is 1. The Morgan fingerprint density at radius 1 is 1.40 bits per heavy atom. The van der Waals surface area contributed by atoms with Crippen LogP contribution in [0.2, 0.25) is 0 Å². The molecule has 0 spiro atoms. The van der Waals surface area contributed by atoms with Crippen LogP contribution in [0.1, 0.15) is 19.3 Å². The maximum absolute atomic E-state index is 10.1. The van der Waals surface area contributed by atoms with Crippen LogP contribution in [0.25, 0.3) is 0 Å². The van der Waals surface area contributed by atoms with Gasteiger partial charge in [0.05, 0.1) is 12.7 Å². The zero-order valence-corrected chi connectivity index (χ0v) is 15.0. The molecule has 1 unspecified atom stereocenters. The van der Waals surface area contributed by atoms with Crippen LogP contribution in [0.4, 0.5) is 0 Å². The largest absolute Gasteiger partial charge is 0.385 e. The highest BCUT2D eigenvalue weighted by Crippen LogP contribution is 2.13. The van der Waals surface area contributed by atoms with Crippen molar-refractivity contribution >= 4 is 12.2 Å². The quantitative estimate of drug-likeness (QED) is 0.458. The van der Waals surface area contributed by atoms with Crippen molar-refractivity contribution in [1.82, 2.24) is 19.8 Å². The van der Waals surface area contributed by atoms with E-state index in [1.54, 1.807) is 33.0 Å². The molecule has 2 rings (SSSR count). The van der Waals surface area contributed by atoms with Gasteiger partial charge in [-0.2, -0.15) is 0 Å². The summed E-state index contributed by atoms with van der Waals surface area (Å²) in [5.74, 6) is 0.836. The van der Waals surface area contributed by atoms with Crippen molar-refractivity contribution in [3.05, 3.63) is 30.5 Å². The van der Waals surface area contributed by atoms with Crippen molar-refractivity contribution in [2.45, 2.75) is 32.0 Å². The fourth-order valence-electron chi connectivity index (χ4n) is 2.58. The van der Waals surface area contributed by atoms with Gasteiger partial charge in [-0.3, -0.25) is 10.3 Å². The summed E-state index contributed by atoms with van der Waals surface area (Å²) in [6.07, 6.45) is 10.9. The monoisotopic (exact) mass is 348 g/mol. The van der Waals surface area contributed by atoms with Gasteiger partial charge in [-0.15, -0.1) is 0 Å². The average molecular weight is 348 g/mol. The molecular weight excluding hydrogens is 320 g/mol. The lowest BCUT2D eigenvalue weighted by Gasteiger charge is -2.15. The summed E-state index contributed by atoms with van der Waals surface area (Å²) in [5.41, 5.74) is 0.805. The third-order valence-electron chi connectivity index (χ3n) is 3.86. The fourth-order valence-corrected chi connectivity index (χ4v) is 2.58. The first kappa shape index (κ1) is 19.3. The zero-order chi connectivity index (χ0) is 17.9. The molecule has 0 aromatic carbocycles. The Morgan fingerprint density at radius 2 is 2.28 bits per heavy atom. The van der Waals surface area contributed by atoms with E-state index in [0.717, 1.165) is 44.0 Å². The van der Waals surface area contributed by atoms with E-state index in [4.69, 9.17) is 4.74 Å². The van der Waals surface area contributed by atoms with E-state index in [9.17, 15) is 5.11 Å². The molecule has 1 aromatic rings. The molecule has 8 heteroatoms. The van der Waals surface area contributed by atoms with Gasteiger partial charge in [0, 0.05) is 52.7 Å². The van der Waals surface area contributed by atoms with Crippen LogP contribution in [0.5, 0.6) is 0 Å². The summed E-state index contributed by atoms with van der Waals surface area (Å²) in [5, 5.41) is 13.2. The predicted molar refractivity (Wildman–Crippen MR) is 98.6 cm³/mol. The second-order valence-corrected chi connectivity index (χ2v) is 5.78. The van der Waals surface area contributed by atoms with Gasteiger partial charge in [0.1, 0.15) is 11.9 Å². The summed E-state index contributed by atoms with van der Waals surface area (Å²) in [6.45, 7) is 3.15. The SMILES string of the molecule is CN=C1/C(=C\CC(O)NCCCn2ccnc2)N=CN1CCCOC. The van der Waals surface area contributed by atoms with Crippen LogP contribution in [0.15, 0.2) is 40.5 Å². The summed E-state index contributed by atoms with van der Waals surface area (Å²) < 4.78 is 7.09. The third kappa shape index (κ3) is 6.41. The molecule has 0 bridgehead atoms. The van der Waals surface area contributed by atoms with E-state index in [2.05, 4.69) is 20.3 Å². The molecule has 0 saturated heterocycles. The number of aliphatic imine (C=N–C) groups is 2. The van der Waals surface area contributed by atoms with Crippen LogP contribution in [0, 0.1) is 0 Å². The highest BCUT2D eigenvalue weighted by molar-refractivity contribution is 6.08. The highest BCUT2D eigenvalue weighted by Gasteiger charge is 2.19. The standard InChI is InChI=1S/C17H28N6O2/c1-18-17-15(21-14-23(17)10-4-12-25-2)5-6-16(24)20-7-3-9-22-11-8-19-13-22/h5,8,11,13-14,16,20,24H,3-4,6-7,9-10,12H2,1-2H3/b15-5+,18-17?. The molecule has 1 aliphatic heterocycles. The van der Waals surface area contributed by atoms with Gasteiger partial charge in [0.15, 0.2) is 5.84 Å². The van der Waals surface area contributed by atoms with Crippen LogP contribution in [-0.2, 0) is 11.3 Å². The average Bonchev–Trinajstić information content (AvgIpc) is 3.26. The highest BCUT2D eigenvalue weighted by atomic mass is 16.5. The number of ether oxygens (including phenoxy) is 1. The summed E-state index contributed by atoms with van der Waals surface area (Å²) in [7, 11) is 3.45. The van der Waals surface area contributed by atoms with E-state index in [1.807, 2.05) is 21.7 Å². The Hall–Kier alpha value is -2.03. The van der Waals surface area contributed by atoms with Gasteiger partial charge in [-0.1, -0.05) is 6.08 Å². The number of aliphatic hydroxyl groups is 1. The minimum Gasteiger partial charge on any atom is -0.385 e. The molecule has 138 valence electrons. The first-order chi connectivity index (χ1) is 12.2. The van der Waals surface area contributed by atoms with Gasteiger partial charge in [0.25, 0.3) is 0 Å². The molecule has 0 radical (unpaired) electrons. The molecule has 2 N–H and O–H groups in total. The Bertz CT molecular complexity index is 582. The van der Waals surface area contributed by atoms with E-state index in [-0.39, 0.29) is 0 Å². The number of rotatable bonds is 11. The molecule has 0 fully saturated rings. The number of imidazole rings is 1. The number of aliphatic hydroxyl groups excluding tert-OH is 1. The van der Waals surface area contributed by atoms with Gasteiger partial charge in [-0.05, 0) is 19.4 Å². The minimum atomic E-state index is -0.592. The normalized spacial score (nSPS) is 18.6. The number of amidine groups is 1. The van der Waals surface area contributed by atoms with E-state index in [0.29, 0.717) is 13.0 Å². The minimum absolute atomic E-state index is 0.489. The van der Waals surface area contributed by atoms with Crippen LogP contribution < -0.4 is 5.32 Å². The second-order valence-electron chi connectivity index (χ2n) is 5.78. The molecule has 0 saturated carbocycles. The number of hydrogen-bond donors (Lipinski definition) is 2. The van der Waals surface area contributed by atoms with Crippen molar-refractivity contribution in [2.24, 2.45) is 9.98 Å². The smallest absolute Gasteiger partial charge is 0.154 e. The molecule has 0 aliphatic carbocycles. The van der Waals surface area contributed by atoms with E-state index in [1.165, 1.54) is 0 Å². The van der Waals surface area contributed by atoms with Crippen LogP contribution in [0.3, 0.4) is 0 Å². The second kappa shape index (κ2) is 10.8. The zero-order valence-electron chi connectivity index (χ0n) is 15.0. The van der Waals surface area contributed by atoms with Crippen LogP contribution in [-0.4, -0.2) is 71.8 Å². The lowest BCUT2D eigenvalue weighted by Crippen LogP contribution is -2.30. The van der Waals surface area contributed by atoms with Crippen molar-refractivity contribution < 1.29 is 9.84 Å². The number of aromatic nitrogens is 2. The molecule has 1 atom stereocenters. The lowest BCUT2D eigenvalue weighted by atomic mass is 10.2. The molecule has 2 heterocycles. The predicted octanol–water partition coefficient (Wildman–Crippen LogP) is 0.864. The van der Waals surface area contributed by atoms with Crippen molar-refractivity contribution in [3.8, 4) is 0 Å². The molecule has 1 aliphatic rings. The Morgan fingerprint density at radius 3 is 3.00 bits per heavy atom. The van der Waals surface area contributed by atoms with Crippen molar-refractivity contribution in [3.63, 3.8) is 0 Å². The molecule has 25 heavy (non-hydrogen) atoms. The van der Waals surface area contributed by atoms with Crippen molar-refractivity contribution in [2.75, 3.05) is 33.9 Å².